The van der Waals surface area contributed by atoms with Crippen molar-refractivity contribution in [3.05, 3.63) is 22.7 Å². The average Bonchev–Trinajstić information content (AvgIpc) is 3.20. The first-order chi connectivity index (χ1) is 13.8. The van der Waals surface area contributed by atoms with Crippen LogP contribution in [0, 0.1) is 5.92 Å². The van der Waals surface area contributed by atoms with Crippen molar-refractivity contribution in [2.24, 2.45) is 16.8 Å². The fourth-order valence-corrected chi connectivity index (χ4v) is 2.43. The molecule has 15 heteroatoms. The molecular weight excluding hydrogens is 466 g/mol. The van der Waals surface area contributed by atoms with Crippen molar-refractivity contribution in [2.45, 2.75) is 6.61 Å². The highest BCUT2D eigenvalue weighted by atomic mass is 35.5. The van der Waals surface area contributed by atoms with E-state index < -0.39 is 20.2 Å². The number of fused-ring (bicyclic) bond motifs is 1. The van der Waals surface area contributed by atoms with Gasteiger partial charge in [0.2, 0.25) is 6.79 Å². The molecule has 0 amide bonds. The molecule has 0 spiro atoms. The highest BCUT2D eigenvalue weighted by Gasteiger charge is 2.21. The van der Waals surface area contributed by atoms with Crippen molar-refractivity contribution >= 4 is 37.5 Å². The molecule has 30 heavy (non-hydrogen) atoms. The molecule has 1 unspecified atom stereocenters. The molecule has 0 saturated carbocycles. The van der Waals surface area contributed by atoms with Gasteiger partial charge in [0.15, 0.2) is 11.5 Å². The fourth-order valence-electron chi connectivity index (χ4n) is 2.22. The molecular formula is C15H24ClN3O9S2. The summed E-state index contributed by atoms with van der Waals surface area (Å²) in [6.45, 7) is 2.65. The normalized spacial score (nSPS) is 18.9. The molecule has 2 aliphatic heterocycles. The standard InChI is InChI=1S/C13H16ClN3O3.2CH4O3S/c14-10-2-13-12(18-7-19-13)1-8(10)6-20-17-11-5-16-4-9(11)3-15;2*1-5(2,3)4/h1-2,9,16H,3-7,15H2;2*1H3,(H,2,3,4)/b17-11+;;. The zero-order chi connectivity index (χ0) is 22.9. The van der Waals surface area contributed by atoms with Gasteiger partial charge in [0.05, 0.1) is 23.2 Å². The van der Waals surface area contributed by atoms with Crippen molar-refractivity contribution in [2.75, 3.05) is 38.9 Å². The van der Waals surface area contributed by atoms with Crippen LogP contribution in [-0.4, -0.2) is 70.6 Å². The smallest absolute Gasteiger partial charge is 0.261 e. The second kappa shape index (κ2) is 11.6. The zero-order valence-corrected chi connectivity index (χ0v) is 18.6. The van der Waals surface area contributed by atoms with Crippen LogP contribution in [-0.2, 0) is 31.7 Å². The number of nitrogens with two attached hydrogens (primary N) is 1. The number of hydrogen-bond acceptors (Lipinski definition) is 10. The van der Waals surface area contributed by atoms with Crippen molar-refractivity contribution in [1.29, 1.82) is 0 Å². The lowest BCUT2D eigenvalue weighted by Crippen LogP contribution is -2.22. The van der Waals surface area contributed by atoms with Crippen LogP contribution in [0.1, 0.15) is 5.56 Å². The van der Waals surface area contributed by atoms with E-state index in [0.29, 0.717) is 35.6 Å². The predicted octanol–water partition coefficient (Wildman–Crippen LogP) is 0.127. The lowest BCUT2D eigenvalue weighted by molar-refractivity contribution is 0.129. The molecule has 1 aromatic rings. The SMILES string of the molecule is CS(=O)(=O)O.CS(=O)(=O)O.NCC1CNC/C1=N\OCc1cc2c(cc1Cl)OCO2. The molecule has 5 N–H and O–H groups in total. The van der Waals surface area contributed by atoms with Gasteiger partial charge in [-0.1, -0.05) is 16.8 Å². The van der Waals surface area contributed by atoms with Gasteiger partial charge in [0, 0.05) is 37.2 Å². The van der Waals surface area contributed by atoms with Gasteiger partial charge in [-0.15, -0.1) is 0 Å². The first-order valence-corrected chi connectivity index (χ1v) is 12.4. The molecule has 172 valence electrons. The van der Waals surface area contributed by atoms with Crippen LogP contribution in [0.5, 0.6) is 11.5 Å². The third-order valence-corrected chi connectivity index (χ3v) is 3.75. The second-order valence-corrected chi connectivity index (χ2v) is 9.52. The lowest BCUT2D eigenvalue weighted by atomic mass is 10.1. The summed E-state index contributed by atoms with van der Waals surface area (Å²) in [5.74, 6) is 1.60. The molecule has 0 aliphatic carbocycles. The number of oxime groups is 1. The van der Waals surface area contributed by atoms with Crippen LogP contribution in [0.4, 0.5) is 0 Å². The van der Waals surface area contributed by atoms with Gasteiger partial charge < -0.3 is 25.4 Å². The quantitative estimate of drug-likeness (QED) is 0.332. The first kappa shape index (κ1) is 26.4. The van der Waals surface area contributed by atoms with Gasteiger partial charge in [0.25, 0.3) is 20.2 Å². The summed E-state index contributed by atoms with van der Waals surface area (Å²) in [4.78, 5) is 5.39. The highest BCUT2D eigenvalue weighted by molar-refractivity contribution is 7.85. The number of nitrogens with one attached hydrogen (secondary N) is 1. The summed E-state index contributed by atoms with van der Waals surface area (Å²) in [7, 11) is -7.33. The maximum absolute atomic E-state index is 9.19. The second-order valence-electron chi connectivity index (χ2n) is 6.18. The van der Waals surface area contributed by atoms with Crippen LogP contribution < -0.4 is 20.5 Å². The molecule has 1 aromatic carbocycles. The summed E-state index contributed by atoms with van der Waals surface area (Å²) in [6.07, 6.45) is 1.43. The Kier molecular flexibility index (Phi) is 10.2. The number of ether oxygens (including phenoxy) is 2. The van der Waals surface area contributed by atoms with Crippen molar-refractivity contribution in [1.82, 2.24) is 5.32 Å². The summed E-state index contributed by atoms with van der Waals surface area (Å²) in [5.41, 5.74) is 7.43. The molecule has 1 fully saturated rings. The number of halogens is 1. The zero-order valence-electron chi connectivity index (χ0n) is 16.2. The molecule has 12 nitrogen and oxygen atoms in total. The van der Waals surface area contributed by atoms with Crippen molar-refractivity contribution in [3.63, 3.8) is 0 Å². The van der Waals surface area contributed by atoms with E-state index in [1.54, 1.807) is 6.07 Å². The van der Waals surface area contributed by atoms with E-state index in [9.17, 15) is 16.8 Å². The van der Waals surface area contributed by atoms with E-state index >= 15 is 0 Å². The minimum atomic E-state index is -3.67. The largest absolute Gasteiger partial charge is 0.454 e. The average molecular weight is 490 g/mol. The summed E-state index contributed by atoms with van der Waals surface area (Å²) >= 11 is 6.16. The molecule has 3 rings (SSSR count). The number of rotatable bonds is 4. The Morgan fingerprint density at radius 1 is 1.20 bits per heavy atom. The Hall–Kier alpha value is -1.68. The fraction of sp³-hybridized carbons (Fsp3) is 0.533. The van der Waals surface area contributed by atoms with E-state index in [4.69, 9.17) is 40.8 Å². The Morgan fingerprint density at radius 3 is 2.27 bits per heavy atom. The lowest BCUT2D eigenvalue weighted by Gasteiger charge is -2.08. The van der Waals surface area contributed by atoms with Gasteiger partial charge in [-0.25, -0.2) is 0 Å². The Bertz CT molecular complexity index is 906. The Labute approximate surface area is 179 Å². The minimum absolute atomic E-state index is 0.224. The monoisotopic (exact) mass is 489 g/mol. The van der Waals surface area contributed by atoms with Crippen LogP contribution in [0.2, 0.25) is 5.02 Å². The van der Waals surface area contributed by atoms with Crippen molar-refractivity contribution < 1.29 is 40.3 Å². The third-order valence-electron chi connectivity index (χ3n) is 3.40. The maximum atomic E-state index is 9.19. The molecule has 0 bridgehead atoms. The molecule has 0 aromatic heterocycles. The number of hydrogen-bond donors (Lipinski definition) is 4. The third kappa shape index (κ3) is 11.5. The van der Waals surface area contributed by atoms with E-state index in [0.717, 1.165) is 24.4 Å². The van der Waals surface area contributed by atoms with Gasteiger partial charge in [-0.05, 0) is 6.07 Å². The Balaban J connectivity index is 0.000000378. The topological polar surface area (TPSA) is 187 Å². The van der Waals surface area contributed by atoms with Crippen LogP contribution in [0.15, 0.2) is 17.3 Å². The van der Waals surface area contributed by atoms with Crippen molar-refractivity contribution in [3.8, 4) is 11.5 Å². The highest BCUT2D eigenvalue weighted by Crippen LogP contribution is 2.37. The molecule has 1 atom stereocenters. The predicted molar refractivity (Wildman–Crippen MR) is 110 cm³/mol. The van der Waals surface area contributed by atoms with E-state index in [2.05, 4.69) is 10.5 Å². The van der Waals surface area contributed by atoms with Gasteiger partial charge in [-0.3, -0.25) is 9.11 Å². The van der Waals surface area contributed by atoms with Crippen LogP contribution in [0.3, 0.4) is 0 Å². The van der Waals surface area contributed by atoms with Crippen LogP contribution in [0.25, 0.3) is 0 Å². The summed E-state index contributed by atoms with van der Waals surface area (Å²) < 4.78 is 62.3. The molecule has 0 radical (unpaired) electrons. The minimum Gasteiger partial charge on any atom is -0.454 e. The van der Waals surface area contributed by atoms with E-state index in [1.807, 2.05) is 6.07 Å². The maximum Gasteiger partial charge on any atom is 0.261 e. The molecule has 1 saturated heterocycles. The van der Waals surface area contributed by atoms with E-state index in [-0.39, 0.29) is 19.3 Å². The molecule has 2 aliphatic rings. The number of nitrogens with zero attached hydrogens (tertiary/aromatic N) is 1. The summed E-state index contributed by atoms with van der Waals surface area (Å²) in [6, 6.07) is 3.55. The number of benzene rings is 1. The van der Waals surface area contributed by atoms with Crippen LogP contribution >= 0.6 is 11.6 Å². The Morgan fingerprint density at radius 2 is 1.73 bits per heavy atom. The molecule has 2 heterocycles. The van der Waals surface area contributed by atoms with E-state index in [1.165, 1.54) is 0 Å². The first-order valence-electron chi connectivity index (χ1n) is 8.30. The summed E-state index contributed by atoms with van der Waals surface area (Å²) in [5, 5.41) is 7.94. The van der Waals surface area contributed by atoms with Gasteiger partial charge in [-0.2, -0.15) is 16.8 Å². The van der Waals surface area contributed by atoms with Gasteiger partial charge >= 0.3 is 0 Å². The van der Waals surface area contributed by atoms with Gasteiger partial charge in [0.1, 0.15) is 6.61 Å².